The van der Waals surface area contributed by atoms with E-state index in [2.05, 4.69) is 5.32 Å². The maximum Gasteiger partial charge on any atom is 0.313 e. The van der Waals surface area contributed by atoms with Gasteiger partial charge >= 0.3 is 5.97 Å². The summed E-state index contributed by atoms with van der Waals surface area (Å²) in [6.45, 7) is 3.14. The van der Waals surface area contributed by atoms with Gasteiger partial charge in [-0.15, -0.1) is 0 Å². The number of Topliss-reactive ketones (excluding diaryl/α,β-unsaturated/α-hetero) is 1. The van der Waals surface area contributed by atoms with Crippen molar-refractivity contribution < 1.29 is 19.1 Å². The molecule has 1 aromatic carbocycles. The second kappa shape index (κ2) is 8.21. The zero-order chi connectivity index (χ0) is 15.8. The largest absolute Gasteiger partial charge is 0.466 e. The zero-order valence-corrected chi connectivity index (χ0v) is 12.6. The molecule has 0 spiro atoms. The summed E-state index contributed by atoms with van der Waals surface area (Å²) in [5.41, 5.74) is 0.721. The van der Waals surface area contributed by atoms with Gasteiger partial charge in [-0.3, -0.25) is 14.4 Å². The molecule has 0 heterocycles. The first-order valence-electron chi connectivity index (χ1n) is 6.36. The van der Waals surface area contributed by atoms with Crippen molar-refractivity contribution in [1.82, 2.24) is 5.32 Å². The van der Waals surface area contributed by atoms with Crippen LogP contribution in [0.5, 0.6) is 0 Å². The number of allylic oxidation sites excluding steroid dienone is 1. The molecule has 0 aliphatic rings. The van der Waals surface area contributed by atoms with Crippen LogP contribution in [0.25, 0.3) is 6.08 Å². The highest BCUT2D eigenvalue weighted by Crippen LogP contribution is 2.13. The van der Waals surface area contributed by atoms with Gasteiger partial charge in [-0.05, 0) is 30.7 Å². The van der Waals surface area contributed by atoms with E-state index < -0.39 is 24.1 Å². The monoisotopic (exact) mass is 309 g/mol. The van der Waals surface area contributed by atoms with Crippen molar-refractivity contribution in [3.8, 4) is 0 Å². The molecule has 0 unspecified atom stereocenters. The number of esters is 1. The third kappa shape index (κ3) is 6.23. The summed E-state index contributed by atoms with van der Waals surface area (Å²) >= 11 is 5.78. The molecule has 1 amide bonds. The van der Waals surface area contributed by atoms with Gasteiger partial charge in [0.1, 0.15) is 6.42 Å². The molecule has 0 aliphatic heterocycles. The SMILES string of the molecule is CCOC(=O)CC(=O)/C(=C/c1ccc(Cl)cc1)NC(C)=O. The molecular formula is C15H16ClNO4. The Labute approximate surface area is 127 Å². The van der Waals surface area contributed by atoms with Gasteiger partial charge in [-0.25, -0.2) is 0 Å². The predicted octanol–water partition coefficient (Wildman–Crippen LogP) is 2.34. The molecule has 6 heteroatoms. The van der Waals surface area contributed by atoms with Gasteiger partial charge in [-0.2, -0.15) is 0 Å². The number of rotatable bonds is 6. The number of ketones is 1. The van der Waals surface area contributed by atoms with Crippen LogP contribution in [0.15, 0.2) is 30.0 Å². The Bertz CT molecular complexity index is 564. The number of amides is 1. The summed E-state index contributed by atoms with van der Waals surface area (Å²) < 4.78 is 4.72. The van der Waals surface area contributed by atoms with E-state index in [1.807, 2.05) is 0 Å². The fourth-order valence-electron chi connectivity index (χ4n) is 1.54. The van der Waals surface area contributed by atoms with Crippen molar-refractivity contribution in [3.05, 3.63) is 40.5 Å². The third-order valence-electron chi connectivity index (χ3n) is 2.40. The van der Waals surface area contributed by atoms with E-state index in [1.54, 1.807) is 31.2 Å². The predicted molar refractivity (Wildman–Crippen MR) is 79.5 cm³/mol. The highest BCUT2D eigenvalue weighted by molar-refractivity contribution is 6.30. The normalized spacial score (nSPS) is 10.9. The minimum atomic E-state index is -0.630. The fourth-order valence-corrected chi connectivity index (χ4v) is 1.67. The molecule has 1 rings (SSSR count). The van der Waals surface area contributed by atoms with Crippen LogP contribution >= 0.6 is 11.6 Å². The summed E-state index contributed by atoms with van der Waals surface area (Å²) in [6.07, 6.45) is 1.06. The van der Waals surface area contributed by atoms with Gasteiger partial charge in [0.05, 0.1) is 12.3 Å². The Kier molecular flexibility index (Phi) is 6.62. The number of benzene rings is 1. The number of hydrogen-bond acceptors (Lipinski definition) is 4. The number of nitrogens with one attached hydrogen (secondary N) is 1. The lowest BCUT2D eigenvalue weighted by Gasteiger charge is -2.07. The van der Waals surface area contributed by atoms with Crippen LogP contribution < -0.4 is 5.32 Å². The average Bonchev–Trinajstić information content (AvgIpc) is 2.40. The molecule has 1 aromatic rings. The number of halogens is 1. The van der Waals surface area contributed by atoms with Crippen LogP contribution in [0.2, 0.25) is 5.02 Å². The molecule has 0 atom stereocenters. The summed E-state index contributed by atoms with van der Waals surface area (Å²) in [7, 11) is 0. The molecule has 0 aliphatic carbocycles. The van der Waals surface area contributed by atoms with E-state index in [4.69, 9.17) is 16.3 Å². The summed E-state index contributed by atoms with van der Waals surface area (Å²) in [4.78, 5) is 34.5. The van der Waals surface area contributed by atoms with E-state index in [-0.39, 0.29) is 12.3 Å². The Morgan fingerprint density at radius 3 is 2.38 bits per heavy atom. The molecule has 5 nitrogen and oxygen atoms in total. The lowest BCUT2D eigenvalue weighted by molar-refractivity contribution is -0.145. The van der Waals surface area contributed by atoms with Crippen LogP contribution in [0.4, 0.5) is 0 Å². The quantitative estimate of drug-likeness (QED) is 0.497. The lowest BCUT2D eigenvalue weighted by Crippen LogP contribution is -2.26. The van der Waals surface area contributed by atoms with Crippen molar-refractivity contribution in [2.45, 2.75) is 20.3 Å². The smallest absolute Gasteiger partial charge is 0.313 e. The number of carbonyl (C=O) groups is 3. The van der Waals surface area contributed by atoms with Gasteiger partial charge in [0, 0.05) is 11.9 Å². The standard InChI is InChI=1S/C15H16ClNO4/c1-3-21-15(20)9-14(19)13(17-10(2)18)8-11-4-6-12(16)7-5-11/h4-8H,3,9H2,1-2H3,(H,17,18)/b13-8-. The molecule has 21 heavy (non-hydrogen) atoms. The van der Waals surface area contributed by atoms with Crippen molar-refractivity contribution in [1.29, 1.82) is 0 Å². The van der Waals surface area contributed by atoms with E-state index in [0.717, 1.165) is 0 Å². The Morgan fingerprint density at radius 1 is 1.24 bits per heavy atom. The lowest BCUT2D eigenvalue weighted by atomic mass is 10.1. The molecule has 0 aromatic heterocycles. The third-order valence-corrected chi connectivity index (χ3v) is 2.65. The second-order valence-corrected chi connectivity index (χ2v) is 4.63. The minimum Gasteiger partial charge on any atom is -0.466 e. The van der Waals surface area contributed by atoms with Crippen molar-refractivity contribution in [2.75, 3.05) is 6.61 Å². The summed E-state index contributed by atoms with van der Waals surface area (Å²) in [5.74, 6) is -1.54. The molecular weight excluding hydrogens is 294 g/mol. The number of ether oxygens (including phenoxy) is 1. The van der Waals surface area contributed by atoms with Crippen molar-refractivity contribution >= 4 is 35.3 Å². The number of hydrogen-bond donors (Lipinski definition) is 1. The Morgan fingerprint density at radius 2 is 1.86 bits per heavy atom. The minimum absolute atomic E-state index is 0.0397. The Hall–Kier alpha value is -2.14. The first-order chi connectivity index (χ1) is 9.92. The number of carbonyl (C=O) groups excluding carboxylic acids is 3. The molecule has 0 saturated carbocycles. The maximum atomic E-state index is 12.0. The van der Waals surface area contributed by atoms with Gasteiger partial charge in [0.25, 0.3) is 0 Å². The van der Waals surface area contributed by atoms with Crippen molar-refractivity contribution in [3.63, 3.8) is 0 Å². The van der Waals surface area contributed by atoms with E-state index in [0.29, 0.717) is 10.6 Å². The van der Waals surface area contributed by atoms with Crippen LogP contribution in [0.3, 0.4) is 0 Å². The molecule has 0 saturated heterocycles. The van der Waals surface area contributed by atoms with E-state index in [9.17, 15) is 14.4 Å². The molecule has 0 fully saturated rings. The molecule has 1 N–H and O–H groups in total. The highest BCUT2D eigenvalue weighted by Gasteiger charge is 2.16. The van der Waals surface area contributed by atoms with E-state index >= 15 is 0 Å². The Balaban J connectivity index is 2.93. The summed E-state index contributed by atoms with van der Waals surface area (Å²) in [6, 6.07) is 6.72. The fraction of sp³-hybridized carbons (Fsp3) is 0.267. The first kappa shape index (κ1) is 16.9. The van der Waals surface area contributed by atoms with Gasteiger partial charge in [0.15, 0.2) is 5.78 Å². The van der Waals surface area contributed by atoms with Crippen LogP contribution in [-0.2, 0) is 19.1 Å². The molecule has 112 valence electrons. The first-order valence-corrected chi connectivity index (χ1v) is 6.74. The molecule has 0 bridgehead atoms. The van der Waals surface area contributed by atoms with Gasteiger partial charge in [-0.1, -0.05) is 23.7 Å². The van der Waals surface area contributed by atoms with E-state index in [1.165, 1.54) is 13.0 Å². The molecule has 0 radical (unpaired) electrons. The second-order valence-electron chi connectivity index (χ2n) is 4.20. The van der Waals surface area contributed by atoms with Crippen LogP contribution in [-0.4, -0.2) is 24.3 Å². The topological polar surface area (TPSA) is 72.5 Å². The van der Waals surface area contributed by atoms with Crippen LogP contribution in [0, 0.1) is 0 Å². The summed E-state index contributed by atoms with van der Waals surface area (Å²) in [5, 5.41) is 2.98. The van der Waals surface area contributed by atoms with Crippen molar-refractivity contribution in [2.24, 2.45) is 0 Å². The van der Waals surface area contributed by atoms with Gasteiger partial charge in [0.2, 0.25) is 5.91 Å². The average molecular weight is 310 g/mol. The van der Waals surface area contributed by atoms with Crippen LogP contribution in [0.1, 0.15) is 25.8 Å². The zero-order valence-electron chi connectivity index (χ0n) is 11.8. The van der Waals surface area contributed by atoms with Gasteiger partial charge < -0.3 is 10.1 Å². The highest BCUT2D eigenvalue weighted by atomic mass is 35.5. The maximum absolute atomic E-state index is 12.0.